The van der Waals surface area contributed by atoms with Gasteiger partial charge in [-0.2, -0.15) is 18.3 Å². The fourth-order valence-corrected chi connectivity index (χ4v) is 5.06. The second-order valence-corrected chi connectivity index (χ2v) is 11.1. The molecule has 1 saturated heterocycles. The molecule has 0 bridgehead atoms. The Labute approximate surface area is 220 Å². The third kappa shape index (κ3) is 4.60. The van der Waals surface area contributed by atoms with Crippen molar-refractivity contribution in [2.45, 2.75) is 36.0 Å². The maximum absolute atomic E-state index is 15.3. The number of rotatable bonds is 5. The molecule has 0 spiro atoms. The van der Waals surface area contributed by atoms with Gasteiger partial charge in [-0.3, -0.25) is 14.4 Å². The molecule has 6 nitrogen and oxygen atoms in total. The standard InChI is InChI=1S/C22H18Cl3F4N3O3S/c1-11(36(34)35)19(33)32-9-20(26,10-32)13-4-2-12(3-5-13)17-8-21(31-30-17,22(27,28)29)14-6-15(23)18(25)16(24)7-14/h2-7,11,31H,8-10H2,1H3,(H,34,35)/p-1. The molecule has 2 aromatic rings. The highest BCUT2D eigenvalue weighted by Crippen LogP contribution is 2.47. The number of hydrogen-bond donors (Lipinski definition) is 1. The summed E-state index contributed by atoms with van der Waals surface area (Å²) in [6, 6.07) is 7.84. The van der Waals surface area contributed by atoms with E-state index in [-0.39, 0.29) is 45.0 Å². The van der Waals surface area contributed by atoms with Crippen molar-refractivity contribution >= 4 is 57.5 Å². The van der Waals surface area contributed by atoms with Gasteiger partial charge in [-0.25, -0.2) is 4.39 Å². The second-order valence-electron chi connectivity index (χ2n) is 8.64. The highest BCUT2D eigenvalue weighted by molar-refractivity contribution is 7.80. The third-order valence-electron chi connectivity index (χ3n) is 6.34. The molecule has 194 valence electrons. The molecule has 3 atom stereocenters. The van der Waals surface area contributed by atoms with Crippen LogP contribution in [0.15, 0.2) is 41.5 Å². The lowest BCUT2D eigenvalue weighted by atomic mass is 9.83. The molecule has 0 aliphatic carbocycles. The smallest absolute Gasteiger partial charge is 0.417 e. The first kappa shape index (κ1) is 27.1. The van der Waals surface area contributed by atoms with E-state index >= 15 is 4.39 Å². The van der Waals surface area contributed by atoms with E-state index in [4.69, 9.17) is 34.8 Å². The first-order valence-corrected chi connectivity index (χ1v) is 12.7. The van der Waals surface area contributed by atoms with Crippen LogP contribution in [0.1, 0.15) is 30.0 Å². The molecule has 2 heterocycles. The van der Waals surface area contributed by atoms with Crippen LogP contribution >= 0.6 is 34.8 Å². The number of amides is 1. The number of hydrazone groups is 1. The summed E-state index contributed by atoms with van der Waals surface area (Å²) in [5, 5.41) is 2.27. The summed E-state index contributed by atoms with van der Waals surface area (Å²) in [6.07, 6.45) is -5.37. The van der Waals surface area contributed by atoms with Gasteiger partial charge in [0.15, 0.2) is 11.2 Å². The number of nitrogens with one attached hydrogen (secondary N) is 1. The van der Waals surface area contributed by atoms with Crippen molar-refractivity contribution in [1.29, 1.82) is 0 Å². The maximum Gasteiger partial charge on any atom is 0.417 e. The van der Waals surface area contributed by atoms with Crippen LogP contribution in [0.4, 0.5) is 17.6 Å². The van der Waals surface area contributed by atoms with Crippen molar-refractivity contribution in [2.75, 3.05) is 13.1 Å². The Morgan fingerprint density at radius 2 is 1.69 bits per heavy atom. The third-order valence-corrected chi connectivity index (χ3v) is 8.32. The Morgan fingerprint density at radius 1 is 1.14 bits per heavy atom. The Hall–Kier alpha value is -1.92. The van der Waals surface area contributed by atoms with E-state index in [0.717, 1.165) is 17.0 Å². The lowest BCUT2D eigenvalue weighted by Gasteiger charge is -2.45. The van der Waals surface area contributed by atoms with Crippen molar-refractivity contribution in [3.8, 4) is 0 Å². The summed E-state index contributed by atoms with van der Waals surface area (Å²) >= 11 is 15.2. The van der Waals surface area contributed by atoms with E-state index < -0.39 is 46.0 Å². The minimum Gasteiger partial charge on any atom is -0.772 e. The molecule has 0 radical (unpaired) electrons. The molecule has 14 heteroatoms. The predicted molar refractivity (Wildman–Crippen MR) is 128 cm³/mol. The minimum absolute atomic E-state index is 0.0682. The molecule has 2 aromatic carbocycles. The number of halogens is 7. The van der Waals surface area contributed by atoms with E-state index in [1.807, 2.05) is 0 Å². The summed E-state index contributed by atoms with van der Waals surface area (Å²) in [7, 11) is 0. The van der Waals surface area contributed by atoms with E-state index in [0.29, 0.717) is 5.56 Å². The zero-order chi connectivity index (χ0) is 26.6. The topological polar surface area (TPSA) is 84.8 Å². The Balaban J connectivity index is 1.53. The van der Waals surface area contributed by atoms with Crippen LogP contribution in [-0.4, -0.2) is 49.8 Å². The number of alkyl halides is 4. The van der Waals surface area contributed by atoms with Gasteiger partial charge in [-0.15, -0.1) is 0 Å². The van der Waals surface area contributed by atoms with Crippen LogP contribution in [0.3, 0.4) is 0 Å². The number of carbonyl (C=O) groups is 1. The van der Waals surface area contributed by atoms with Gasteiger partial charge < -0.3 is 9.45 Å². The van der Waals surface area contributed by atoms with E-state index in [2.05, 4.69) is 10.5 Å². The average molecular weight is 586 g/mol. The Bertz CT molecular complexity index is 1250. The monoisotopic (exact) mass is 584 g/mol. The maximum atomic E-state index is 15.3. The number of likely N-dealkylation sites (tertiary alicyclic amines) is 1. The molecule has 36 heavy (non-hydrogen) atoms. The van der Waals surface area contributed by atoms with E-state index in [9.17, 15) is 26.7 Å². The van der Waals surface area contributed by atoms with Crippen LogP contribution in [0, 0.1) is 0 Å². The Kier molecular flexibility index (Phi) is 7.11. The van der Waals surface area contributed by atoms with Gasteiger partial charge in [0, 0.05) is 6.42 Å². The summed E-state index contributed by atoms with van der Waals surface area (Å²) in [6.45, 7) is 0.552. The molecule has 0 saturated carbocycles. The molecular formula is C22H17Cl3F4N3O3S-. The largest absolute Gasteiger partial charge is 0.772 e. The zero-order valence-corrected chi connectivity index (χ0v) is 21.4. The lowest BCUT2D eigenvalue weighted by Crippen LogP contribution is -2.61. The molecule has 1 N–H and O–H groups in total. The fraction of sp³-hybridized carbons (Fsp3) is 0.364. The average Bonchev–Trinajstić information content (AvgIpc) is 3.26. The van der Waals surface area contributed by atoms with Crippen LogP contribution in [0.25, 0.3) is 0 Å². The van der Waals surface area contributed by atoms with Crippen LogP contribution in [0.2, 0.25) is 15.1 Å². The van der Waals surface area contributed by atoms with Crippen molar-refractivity contribution in [1.82, 2.24) is 10.3 Å². The van der Waals surface area contributed by atoms with Gasteiger partial charge in [-0.1, -0.05) is 59.1 Å². The van der Waals surface area contributed by atoms with E-state index in [1.165, 1.54) is 31.2 Å². The molecular weight excluding hydrogens is 569 g/mol. The molecule has 1 amide bonds. The van der Waals surface area contributed by atoms with Crippen LogP contribution in [0.5, 0.6) is 0 Å². The lowest BCUT2D eigenvalue weighted by molar-refractivity contribution is -0.196. The summed E-state index contributed by atoms with van der Waals surface area (Å²) in [5.74, 6) is -0.703. The van der Waals surface area contributed by atoms with Crippen molar-refractivity contribution in [3.05, 3.63) is 68.2 Å². The number of benzene rings is 2. The zero-order valence-electron chi connectivity index (χ0n) is 18.3. The molecule has 3 unspecified atom stereocenters. The molecule has 2 aliphatic rings. The number of nitrogens with zero attached hydrogens (tertiary/aromatic N) is 2. The molecule has 1 fully saturated rings. The van der Waals surface area contributed by atoms with Gasteiger partial charge in [0.25, 0.3) is 0 Å². The van der Waals surface area contributed by atoms with Gasteiger partial charge >= 0.3 is 6.18 Å². The van der Waals surface area contributed by atoms with Crippen molar-refractivity contribution < 1.29 is 31.1 Å². The van der Waals surface area contributed by atoms with Gasteiger partial charge in [0.2, 0.25) is 5.91 Å². The predicted octanol–water partition coefficient (Wildman–Crippen LogP) is 5.08. The first-order chi connectivity index (χ1) is 16.7. The normalized spacial score (nSPS) is 22.9. The molecule has 4 rings (SSSR count). The quantitative estimate of drug-likeness (QED) is 0.302. The molecule has 0 aromatic heterocycles. The van der Waals surface area contributed by atoms with Crippen LogP contribution in [-0.2, 0) is 27.1 Å². The van der Waals surface area contributed by atoms with Gasteiger partial charge in [-0.05, 0) is 46.8 Å². The second kappa shape index (κ2) is 9.43. The van der Waals surface area contributed by atoms with Gasteiger partial charge in [0.05, 0.1) is 39.1 Å². The summed E-state index contributed by atoms with van der Waals surface area (Å²) in [5.41, 5.74) is -1.97. The summed E-state index contributed by atoms with van der Waals surface area (Å²) < 4.78 is 80.0. The molecule has 2 aliphatic heterocycles. The van der Waals surface area contributed by atoms with Crippen molar-refractivity contribution in [2.24, 2.45) is 5.10 Å². The first-order valence-electron chi connectivity index (χ1n) is 10.4. The number of carbonyl (C=O) groups excluding carboxylic acids is 1. The van der Waals surface area contributed by atoms with Crippen molar-refractivity contribution in [3.63, 3.8) is 0 Å². The highest BCUT2D eigenvalue weighted by atomic mass is 35.5. The highest BCUT2D eigenvalue weighted by Gasteiger charge is 2.59. The SMILES string of the molecule is CC(C(=O)N1CC(F)(c2ccc(C3=NNC(c4cc(Cl)c(Cl)c(Cl)c4)(C(F)(F)F)C3)cc2)C1)S(=O)[O-]. The fourth-order valence-electron chi connectivity index (χ4n) is 4.15. The summed E-state index contributed by atoms with van der Waals surface area (Å²) in [4.78, 5) is 13.2. The minimum atomic E-state index is -4.78. The van der Waals surface area contributed by atoms with Crippen LogP contribution < -0.4 is 5.43 Å². The number of hydrogen-bond acceptors (Lipinski definition) is 5. The van der Waals surface area contributed by atoms with Gasteiger partial charge in [0.1, 0.15) is 0 Å². The Morgan fingerprint density at radius 3 is 2.19 bits per heavy atom. The van der Waals surface area contributed by atoms with E-state index in [1.54, 1.807) is 0 Å².